The molecule has 8 heteroatoms. The van der Waals surface area contributed by atoms with E-state index in [0.29, 0.717) is 35.4 Å². The molecule has 1 aliphatic rings. The lowest BCUT2D eigenvalue weighted by molar-refractivity contribution is -0.139. The molecule has 1 saturated heterocycles. The summed E-state index contributed by atoms with van der Waals surface area (Å²) >= 11 is 0. The van der Waals surface area contributed by atoms with Gasteiger partial charge in [-0.1, -0.05) is 18.0 Å². The van der Waals surface area contributed by atoms with Gasteiger partial charge in [-0.3, -0.25) is 4.79 Å². The van der Waals surface area contributed by atoms with Crippen LogP contribution in [0.1, 0.15) is 48.7 Å². The van der Waals surface area contributed by atoms with Crippen LogP contribution in [0.25, 0.3) is 22.4 Å². The first-order valence-corrected chi connectivity index (χ1v) is 10.5. The van der Waals surface area contributed by atoms with Gasteiger partial charge in [-0.05, 0) is 57.0 Å². The second-order valence-electron chi connectivity index (χ2n) is 7.80. The van der Waals surface area contributed by atoms with Crippen molar-refractivity contribution < 1.29 is 23.2 Å². The van der Waals surface area contributed by atoms with E-state index in [2.05, 4.69) is 10.1 Å². The number of amides is 1. The lowest BCUT2D eigenvalue weighted by Crippen LogP contribution is -2.40. The van der Waals surface area contributed by atoms with E-state index >= 15 is 0 Å². The van der Waals surface area contributed by atoms with E-state index < -0.39 is 12.1 Å². The number of benzene rings is 1. The van der Waals surface area contributed by atoms with Crippen LogP contribution < -0.4 is 0 Å². The van der Waals surface area contributed by atoms with Crippen molar-refractivity contribution in [2.45, 2.75) is 45.6 Å². The summed E-state index contributed by atoms with van der Waals surface area (Å²) in [7, 11) is 0. The fourth-order valence-electron chi connectivity index (χ4n) is 3.85. The topological polar surface area (TPSA) is 85.5 Å². The van der Waals surface area contributed by atoms with Crippen LogP contribution in [0.5, 0.6) is 0 Å². The Morgan fingerprint density at radius 3 is 2.48 bits per heavy atom. The second kappa shape index (κ2) is 8.83. The minimum atomic E-state index is -0.914. The highest BCUT2D eigenvalue weighted by Gasteiger charge is 2.27. The maximum atomic E-state index is 13.3. The zero-order valence-electron chi connectivity index (χ0n) is 17.6. The Balaban J connectivity index is 1.62. The van der Waals surface area contributed by atoms with Gasteiger partial charge in [0.1, 0.15) is 5.82 Å². The zero-order valence-corrected chi connectivity index (χ0v) is 17.6. The summed E-state index contributed by atoms with van der Waals surface area (Å²) in [5.41, 5.74) is 1.91. The molecule has 0 N–H and O–H groups in total. The summed E-state index contributed by atoms with van der Waals surface area (Å²) in [6.45, 7) is 4.65. The molecule has 31 heavy (non-hydrogen) atoms. The standard InChI is InChI=1S/C23H24FN3O4/c1-14-20-18(23(29)30-15(2)22(28)27-11-5-3-4-6-12-27)13-19(25-21(20)31-26-14)16-7-9-17(24)10-8-16/h7-10,13,15H,3-6,11-12H2,1-2H3. The van der Waals surface area contributed by atoms with Crippen molar-refractivity contribution in [2.24, 2.45) is 0 Å². The number of aryl methyl sites for hydroxylation is 1. The molecule has 0 radical (unpaired) electrons. The highest BCUT2D eigenvalue weighted by atomic mass is 19.1. The second-order valence-corrected chi connectivity index (χ2v) is 7.80. The molecule has 162 valence electrons. The van der Waals surface area contributed by atoms with Gasteiger partial charge in [-0.15, -0.1) is 0 Å². The van der Waals surface area contributed by atoms with Crippen LogP contribution in [0, 0.1) is 12.7 Å². The first-order chi connectivity index (χ1) is 14.9. The molecule has 3 aromatic rings. The predicted molar refractivity (Wildman–Crippen MR) is 112 cm³/mol. The summed E-state index contributed by atoms with van der Waals surface area (Å²) in [5, 5.41) is 4.34. The maximum Gasteiger partial charge on any atom is 0.339 e. The van der Waals surface area contributed by atoms with Crippen molar-refractivity contribution >= 4 is 23.0 Å². The van der Waals surface area contributed by atoms with Gasteiger partial charge in [0, 0.05) is 18.7 Å². The highest BCUT2D eigenvalue weighted by molar-refractivity contribution is 6.05. The highest BCUT2D eigenvalue weighted by Crippen LogP contribution is 2.28. The average Bonchev–Trinajstić information content (AvgIpc) is 2.97. The molecule has 0 saturated carbocycles. The molecular formula is C23H24FN3O4. The van der Waals surface area contributed by atoms with Gasteiger partial charge in [-0.2, -0.15) is 0 Å². The molecule has 1 aliphatic heterocycles. The molecule has 3 heterocycles. The predicted octanol–water partition coefficient (Wildman–Crippen LogP) is 4.29. The molecule has 0 aliphatic carbocycles. The SMILES string of the molecule is Cc1noc2nc(-c3ccc(F)cc3)cc(C(=O)OC(C)C(=O)N3CCCCCC3)c12. The number of pyridine rings is 1. The summed E-state index contributed by atoms with van der Waals surface area (Å²) < 4.78 is 24.1. The number of likely N-dealkylation sites (tertiary alicyclic amines) is 1. The van der Waals surface area contributed by atoms with Crippen LogP contribution in [0.2, 0.25) is 0 Å². The Hall–Kier alpha value is -3.29. The Morgan fingerprint density at radius 2 is 1.81 bits per heavy atom. The van der Waals surface area contributed by atoms with Crippen molar-refractivity contribution in [1.82, 2.24) is 15.0 Å². The minimum absolute atomic E-state index is 0.178. The summed E-state index contributed by atoms with van der Waals surface area (Å²) in [6.07, 6.45) is 3.21. The van der Waals surface area contributed by atoms with E-state index in [1.807, 2.05) is 0 Å². The van der Waals surface area contributed by atoms with Gasteiger partial charge in [0.15, 0.2) is 6.10 Å². The minimum Gasteiger partial charge on any atom is -0.449 e. The normalized spacial score (nSPS) is 15.5. The van der Waals surface area contributed by atoms with Crippen LogP contribution in [-0.4, -0.2) is 46.1 Å². The van der Waals surface area contributed by atoms with Gasteiger partial charge in [0.2, 0.25) is 0 Å². The fraction of sp³-hybridized carbons (Fsp3) is 0.391. The van der Waals surface area contributed by atoms with Crippen LogP contribution in [0.15, 0.2) is 34.9 Å². The van der Waals surface area contributed by atoms with E-state index in [4.69, 9.17) is 9.26 Å². The summed E-state index contributed by atoms with van der Waals surface area (Å²) in [5.74, 6) is -1.22. The lowest BCUT2D eigenvalue weighted by atomic mass is 10.1. The third kappa shape index (κ3) is 4.42. The Morgan fingerprint density at radius 1 is 1.13 bits per heavy atom. The van der Waals surface area contributed by atoms with Crippen molar-refractivity contribution in [3.05, 3.63) is 47.4 Å². The van der Waals surface area contributed by atoms with E-state index in [9.17, 15) is 14.0 Å². The van der Waals surface area contributed by atoms with Crippen LogP contribution in [0.4, 0.5) is 4.39 Å². The number of carbonyl (C=O) groups excluding carboxylic acids is 2. The van der Waals surface area contributed by atoms with Crippen LogP contribution in [-0.2, 0) is 9.53 Å². The third-order valence-corrected chi connectivity index (χ3v) is 5.53. The Bertz CT molecular complexity index is 1100. The number of carbonyl (C=O) groups is 2. The largest absolute Gasteiger partial charge is 0.449 e. The molecule has 7 nitrogen and oxygen atoms in total. The Labute approximate surface area is 179 Å². The van der Waals surface area contributed by atoms with Gasteiger partial charge in [-0.25, -0.2) is 14.2 Å². The van der Waals surface area contributed by atoms with Crippen LogP contribution >= 0.6 is 0 Å². The number of esters is 1. The monoisotopic (exact) mass is 425 g/mol. The van der Waals surface area contributed by atoms with Gasteiger partial charge >= 0.3 is 5.97 Å². The average molecular weight is 425 g/mol. The number of fused-ring (bicyclic) bond motifs is 1. The van der Waals surface area contributed by atoms with E-state index in [0.717, 1.165) is 25.7 Å². The van der Waals surface area contributed by atoms with Gasteiger partial charge in [0.05, 0.1) is 22.3 Å². The molecule has 1 fully saturated rings. The molecule has 1 amide bonds. The number of rotatable bonds is 4. The quantitative estimate of drug-likeness (QED) is 0.580. The first kappa shape index (κ1) is 21.0. The van der Waals surface area contributed by atoms with E-state index in [1.54, 1.807) is 36.9 Å². The molecule has 0 spiro atoms. The maximum absolute atomic E-state index is 13.3. The number of hydrogen-bond acceptors (Lipinski definition) is 6. The Kier molecular flexibility index (Phi) is 5.97. The first-order valence-electron chi connectivity index (χ1n) is 10.5. The molecule has 2 aromatic heterocycles. The fourth-order valence-corrected chi connectivity index (χ4v) is 3.85. The number of ether oxygens (including phenoxy) is 1. The number of nitrogens with zero attached hydrogens (tertiary/aromatic N) is 3. The van der Waals surface area contributed by atoms with E-state index in [-0.39, 0.29) is 23.0 Å². The smallest absolute Gasteiger partial charge is 0.339 e. The molecular weight excluding hydrogens is 401 g/mol. The number of aromatic nitrogens is 2. The number of halogens is 1. The van der Waals surface area contributed by atoms with Gasteiger partial charge in [0.25, 0.3) is 11.6 Å². The third-order valence-electron chi connectivity index (χ3n) is 5.53. The molecule has 1 aromatic carbocycles. The zero-order chi connectivity index (χ0) is 22.0. The van der Waals surface area contributed by atoms with Crippen molar-refractivity contribution in [1.29, 1.82) is 0 Å². The van der Waals surface area contributed by atoms with Gasteiger partial charge < -0.3 is 14.2 Å². The molecule has 1 atom stereocenters. The van der Waals surface area contributed by atoms with Crippen molar-refractivity contribution in [2.75, 3.05) is 13.1 Å². The molecule has 0 bridgehead atoms. The van der Waals surface area contributed by atoms with Crippen molar-refractivity contribution in [3.63, 3.8) is 0 Å². The lowest BCUT2D eigenvalue weighted by Gasteiger charge is -2.24. The van der Waals surface area contributed by atoms with Crippen molar-refractivity contribution in [3.8, 4) is 11.3 Å². The summed E-state index contributed by atoms with van der Waals surface area (Å²) in [4.78, 5) is 32.0. The molecule has 4 rings (SSSR count). The molecule has 1 unspecified atom stereocenters. The van der Waals surface area contributed by atoms with E-state index in [1.165, 1.54) is 12.1 Å². The summed E-state index contributed by atoms with van der Waals surface area (Å²) in [6, 6.07) is 7.31. The number of hydrogen-bond donors (Lipinski definition) is 0. The van der Waals surface area contributed by atoms with Crippen LogP contribution in [0.3, 0.4) is 0 Å².